The van der Waals surface area contributed by atoms with Gasteiger partial charge in [0.05, 0.1) is 78.7 Å². The zero-order valence-electron chi connectivity index (χ0n) is 82.6. The molecule has 0 aliphatic heterocycles. The van der Waals surface area contributed by atoms with E-state index >= 15 is 0 Å². The minimum atomic E-state index is -1.01. The molecule has 0 bridgehead atoms. The van der Waals surface area contributed by atoms with Gasteiger partial charge < -0.3 is 59.3 Å². The number of hydrogen-bond donors (Lipinski definition) is 5. The Morgan fingerprint density at radius 3 is 0.962 bits per heavy atom. The Balaban J connectivity index is 0.00000217. The Hall–Kier alpha value is -6.75. The van der Waals surface area contributed by atoms with Gasteiger partial charge in [-0.1, -0.05) is 398 Å². The molecule has 22 nitrogen and oxygen atoms in total. The fraction of sp³-hybridized carbons (Fsp3) is 0.787. The van der Waals surface area contributed by atoms with Gasteiger partial charge in [0.2, 0.25) is 0 Å². The van der Waals surface area contributed by atoms with Crippen molar-refractivity contribution in [2.45, 2.75) is 465 Å². The fourth-order valence-corrected chi connectivity index (χ4v) is 16.1. The van der Waals surface area contributed by atoms with E-state index in [4.69, 9.17) is 28.4 Å². The van der Waals surface area contributed by atoms with Crippen molar-refractivity contribution in [2.75, 3.05) is 86.0 Å². The molecular weight excluding hydrogens is 1640 g/mol. The summed E-state index contributed by atoms with van der Waals surface area (Å²) in [4.78, 5) is 114. The van der Waals surface area contributed by atoms with Gasteiger partial charge in [0.25, 0.3) is 0 Å². The number of ether oxygens (including phenoxy) is 6. The van der Waals surface area contributed by atoms with Crippen molar-refractivity contribution in [2.24, 2.45) is 0 Å². The van der Waals surface area contributed by atoms with Gasteiger partial charge in [0, 0.05) is 39.3 Å². The molecular formula is C108H190N4O18. The van der Waals surface area contributed by atoms with Crippen LogP contribution in [0.2, 0.25) is 0 Å². The Labute approximate surface area is 790 Å². The highest BCUT2D eigenvalue weighted by atomic mass is 16.6. The lowest BCUT2D eigenvalue weighted by molar-refractivity contribution is -0.149. The van der Waals surface area contributed by atoms with E-state index in [9.17, 15) is 58.5 Å². The number of carboxylic acid groups (broad SMARTS) is 3. The maximum absolute atomic E-state index is 12.8. The number of aryl methyl sites for hydroxylation is 1. The van der Waals surface area contributed by atoms with Crippen LogP contribution in [0.1, 0.15) is 450 Å². The number of nitrogens with one attached hydrogen (secondary N) is 2. The van der Waals surface area contributed by atoms with Crippen molar-refractivity contribution in [3.8, 4) is 0 Å². The molecule has 3 rings (SSSR count). The third-order valence-electron chi connectivity index (χ3n) is 24.4. The molecule has 0 saturated heterocycles. The number of carbonyl (C=O) groups excluding carboxylic acids is 6. The number of fused-ring (bicyclic) bond motifs is 1. The topological polar surface area (TPSA) is 300 Å². The van der Waals surface area contributed by atoms with Crippen molar-refractivity contribution in [1.29, 1.82) is 0 Å². The molecule has 0 radical (unpaired) electrons. The summed E-state index contributed by atoms with van der Waals surface area (Å²) in [6.45, 7) is 17.5. The van der Waals surface area contributed by atoms with Crippen molar-refractivity contribution in [3.63, 3.8) is 0 Å². The molecule has 130 heavy (non-hydrogen) atoms. The van der Waals surface area contributed by atoms with Crippen molar-refractivity contribution in [3.05, 3.63) is 76.9 Å². The van der Waals surface area contributed by atoms with Gasteiger partial charge in [-0.15, -0.1) is 0 Å². The Bertz CT molecular complexity index is 3070. The summed E-state index contributed by atoms with van der Waals surface area (Å²) in [5, 5.41) is 35.3. The number of rotatable bonds is 88. The van der Waals surface area contributed by atoms with E-state index in [2.05, 4.69) is 57.4 Å². The summed E-state index contributed by atoms with van der Waals surface area (Å²) in [5.41, 5.74) is 5.54. The van der Waals surface area contributed by atoms with Crippen LogP contribution in [0, 0.1) is 6.92 Å². The summed E-state index contributed by atoms with van der Waals surface area (Å²) in [6, 6.07) is 13.6. The first-order valence-corrected chi connectivity index (χ1v) is 52.1. The quantitative estimate of drug-likeness (QED) is 0.0233. The highest BCUT2D eigenvalue weighted by molar-refractivity contribution is 5.81. The van der Waals surface area contributed by atoms with E-state index in [0.29, 0.717) is 97.9 Å². The predicted molar refractivity (Wildman–Crippen MR) is 530 cm³/mol. The number of methoxy groups -OCH3 is 1. The number of carboxylic acids is 3. The summed E-state index contributed by atoms with van der Waals surface area (Å²) >= 11 is 0. The molecule has 750 valence electrons. The summed E-state index contributed by atoms with van der Waals surface area (Å²) in [6.07, 6.45) is 66.9. The monoisotopic (exact) mass is 1830 g/mol. The first-order valence-electron chi connectivity index (χ1n) is 52.1. The maximum atomic E-state index is 12.8. The van der Waals surface area contributed by atoms with Gasteiger partial charge in [-0.05, 0) is 99.9 Å². The second-order valence-corrected chi connectivity index (χ2v) is 36.0. The highest BCUT2D eigenvalue weighted by Crippen LogP contribution is 2.31. The van der Waals surface area contributed by atoms with Gasteiger partial charge in [-0.2, -0.15) is 0 Å². The lowest BCUT2D eigenvalue weighted by Crippen LogP contribution is -2.43. The van der Waals surface area contributed by atoms with E-state index in [0.717, 1.165) is 112 Å². The van der Waals surface area contributed by atoms with Crippen LogP contribution in [0.3, 0.4) is 0 Å². The smallest absolute Gasteiger partial charge is 0.321 e. The molecule has 22 heteroatoms. The Kier molecular flexibility index (Phi) is 85.4. The zero-order valence-corrected chi connectivity index (χ0v) is 82.6. The van der Waals surface area contributed by atoms with Crippen molar-refractivity contribution in [1.82, 2.24) is 20.4 Å². The summed E-state index contributed by atoms with van der Waals surface area (Å²) in [5.74, 6) is -4.66. The minimum absolute atomic E-state index is 0. The molecule has 2 aromatic rings. The molecule has 0 spiro atoms. The Morgan fingerprint density at radius 1 is 0.338 bits per heavy atom. The number of hydrogen-bond acceptors (Lipinski definition) is 19. The second kappa shape index (κ2) is 90.1. The number of esters is 6. The van der Waals surface area contributed by atoms with Gasteiger partial charge in [0.15, 0.2) is 0 Å². The average molecular weight is 1830 g/mol. The standard InChI is InChI=1S/C55H104N2O10.C27H41NO4.C25H41NO4.CH4/c1-5-8-11-14-17-20-23-26-29-34-47-65-52(59)39-44-56(43-38-51(58)64-4)42-33-32-37-50(55(62)63)57(45-40-53(60)66-48-35-30-27-24-21-18-15-12-9-6-2)46-41-54(61)67-49-36-31-28-25-22-19-16-13-10-7-3;1-2-3-4-5-6-7-8-9-10-13-20-32-26(29)18-19-28-25(27(30)31)21-23-17-16-22-14-11-12-15-24(22)23;1-3-4-5-6-7-8-9-10-11-12-19-30-24(27)17-18-26-23(25(28)29)20-22-15-13-21(2)14-16-22;/h50H,5-49H2,1-4H3,(H,62,63);11-12,14-15,17,25,28H,2-10,13,16,18-21H2,1H3,(H,30,31);13-16,23,26H,3-12,17-20H2,1-2H3,(H,28,29);1H4. The molecule has 0 heterocycles. The van der Waals surface area contributed by atoms with Crippen LogP contribution in [-0.2, 0) is 84.4 Å². The molecule has 1 aliphatic carbocycles. The maximum Gasteiger partial charge on any atom is 0.321 e. The molecule has 0 saturated carbocycles. The van der Waals surface area contributed by atoms with E-state index in [1.807, 2.05) is 54.3 Å². The Morgan fingerprint density at radius 2 is 0.638 bits per heavy atom. The number of unbranched alkanes of at least 4 members (excludes halogenated alkanes) is 46. The van der Waals surface area contributed by atoms with Gasteiger partial charge in [-0.3, -0.25) is 48.1 Å². The van der Waals surface area contributed by atoms with E-state index in [1.54, 1.807) is 4.90 Å². The third-order valence-corrected chi connectivity index (χ3v) is 24.4. The first kappa shape index (κ1) is 123. The molecule has 5 N–H and O–H groups in total. The molecule has 3 unspecified atom stereocenters. The first-order chi connectivity index (χ1) is 62.8. The van der Waals surface area contributed by atoms with Crippen LogP contribution < -0.4 is 10.6 Å². The van der Waals surface area contributed by atoms with E-state index < -0.39 is 36.0 Å². The zero-order chi connectivity index (χ0) is 94.3. The van der Waals surface area contributed by atoms with Crippen LogP contribution in [0.15, 0.2) is 54.6 Å². The average Bonchev–Trinajstić information content (AvgIpc) is 1.68. The number of allylic oxidation sites excluding steroid dienone is 1. The van der Waals surface area contributed by atoms with Crippen LogP contribution in [0.4, 0.5) is 0 Å². The van der Waals surface area contributed by atoms with Gasteiger partial charge in [0.1, 0.15) is 18.1 Å². The number of aliphatic carboxylic acids is 3. The molecule has 0 aromatic heterocycles. The number of nitrogens with zero attached hydrogens (tertiary/aromatic N) is 2. The lowest BCUT2D eigenvalue weighted by atomic mass is 9.99. The van der Waals surface area contributed by atoms with Crippen molar-refractivity contribution >= 4 is 59.3 Å². The second-order valence-electron chi connectivity index (χ2n) is 36.0. The van der Waals surface area contributed by atoms with Gasteiger partial charge in [-0.25, -0.2) is 0 Å². The third kappa shape index (κ3) is 74.7. The fourth-order valence-electron chi connectivity index (χ4n) is 16.1. The molecule has 2 aromatic carbocycles. The molecule has 0 amide bonds. The van der Waals surface area contributed by atoms with Crippen LogP contribution in [-0.4, -0.2) is 183 Å². The van der Waals surface area contributed by atoms with E-state index in [1.165, 1.54) is 250 Å². The molecule has 1 aliphatic rings. The number of carbonyl (C=O) groups is 9. The summed E-state index contributed by atoms with van der Waals surface area (Å²) < 4.78 is 32.0. The van der Waals surface area contributed by atoms with Crippen LogP contribution in [0.25, 0.3) is 5.57 Å². The predicted octanol–water partition coefficient (Wildman–Crippen LogP) is 25.3. The number of benzene rings is 2. The largest absolute Gasteiger partial charge is 0.480 e. The lowest BCUT2D eigenvalue weighted by Gasteiger charge is -2.29. The normalized spacial score (nSPS) is 12.2. The van der Waals surface area contributed by atoms with Crippen LogP contribution >= 0.6 is 0 Å². The summed E-state index contributed by atoms with van der Waals surface area (Å²) in [7, 11) is 1.35. The van der Waals surface area contributed by atoms with E-state index in [-0.39, 0.29) is 94.9 Å². The molecule has 0 fully saturated rings. The van der Waals surface area contributed by atoms with Crippen molar-refractivity contribution < 1.29 is 86.9 Å². The highest BCUT2D eigenvalue weighted by Gasteiger charge is 2.28. The SMILES string of the molecule is C.CCCCCCCCCCCCOC(=O)CCN(CCCCC(C(=O)O)N(CCC(=O)OCCCCCCCCCCCC)CCC(=O)OCCCCCCCCCCCC)CCC(=O)OC.CCCCCCCCCCCCOC(=O)CCNC(CC1=CCc2ccccc21)C(=O)O.CCCCCCCCCCCCOC(=O)CCNC(Cc1ccc(C)cc1)C(=O)O. The van der Waals surface area contributed by atoms with Gasteiger partial charge >= 0.3 is 53.7 Å². The van der Waals surface area contributed by atoms with Crippen LogP contribution in [0.5, 0.6) is 0 Å². The molecule has 3 atom stereocenters. The minimum Gasteiger partial charge on any atom is -0.480 e.